The van der Waals surface area contributed by atoms with Gasteiger partial charge in [-0.25, -0.2) is 9.78 Å². The van der Waals surface area contributed by atoms with Gasteiger partial charge >= 0.3 is 5.97 Å². The number of fused-ring (bicyclic) bond motifs is 1. The lowest BCUT2D eigenvalue weighted by molar-refractivity contribution is -0.147. The number of hydrogen-bond acceptors (Lipinski definition) is 6. The van der Waals surface area contributed by atoms with E-state index in [0.717, 1.165) is 15.4 Å². The number of carbonyl (C=O) groups excluding carboxylic acids is 1. The van der Waals surface area contributed by atoms with Crippen LogP contribution in [-0.2, 0) is 9.53 Å². The number of benzene rings is 2. The van der Waals surface area contributed by atoms with E-state index in [4.69, 9.17) is 14.5 Å². The maximum Gasteiger partial charge on any atom is 0.346 e. The van der Waals surface area contributed by atoms with Gasteiger partial charge in [-0.2, -0.15) is 9.78 Å². The molecule has 0 aliphatic carbocycles. The standard InChI is InChI=1S/C23H23Br2N3O4/c1-5-13(2)21-27-19-8-6-17(25)11-18(19)22(29)28(21)26-12-15-10-16(24)7-9-20(15)32-14(3)23(30)31-4/h6-14H,5H2,1-4H3/t13-,14-/m0/s1. The molecule has 7 nitrogen and oxygen atoms in total. The van der Waals surface area contributed by atoms with Gasteiger partial charge in [0.1, 0.15) is 11.6 Å². The van der Waals surface area contributed by atoms with Crippen LogP contribution < -0.4 is 10.3 Å². The van der Waals surface area contributed by atoms with Crippen molar-refractivity contribution < 1.29 is 14.3 Å². The van der Waals surface area contributed by atoms with E-state index < -0.39 is 12.1 Å². The van der Waals surface area contributed by atoms with Crippen molar-refractivity contribution in [2.45, 2.75) is 39.2 Å². The Labute approximate surface area is 202 Å². The van der Waals surface area contributed by atoms with E-state index in [2.05, 4.69) is 37.0 Å². The van der Waals surface area contributed by atoms with Gasteiger partial charge < -0.3 is 9.47 Å². The topological polar surface area (TPSA) is 82.8 Å². The van der Waals surface area contributed by atoms with E-state index in [0.29, 0.717) is 28.0 Å². The van der Waals surface area contributed by atoms with Crippen molar-refractivity contribution in [2.24, 2.45) is 5.10 Å². The van der Waals surface area contributed by atoms with Gasteiger partial charge in [-0.3, -0.25) is 4.79 Å². The molecule has 2 aromatic carbocycles. The second-order valence-corrected chi connectivity index (χ2v) is 9.10. The Morgan fingerprint density at radius 3 is 2.56 bits per heavy atom. The molecular formula is C23H23Br2N3O4. The molecule has 0 spiro atoms. The molecule has 0 aliphatic rings. The molecule has 3 rings (SSSR count). The average Bonchev–Trinajstić information content (AvgIpc) is 2.78. The van der Waals surface area contributed by atoms with Crippen molar-refractivity contribution >= 4 is 54.9 Å². The lowest BCUT2D eigenvalue weighted by atomic mass is 10.1. The largest absolute Gasteiger partial charge is 0.478 e. The average molecular weight is 565 g/mol. The SMILES string of the molecule is CC[C@H](C)c1nc2ccc(Br)cc2c(=O)n1N=Cc1cc(Br)ccc1O[C@@H](C)C(=O)OC. The van der Waals surface area contributed by atoms with Crippen LogP contribution in [0.3, 0.4) is 0 Å². The summed E-state index contributed by atoms with van der Waals surface area (Å²) >= 11 is 6.85. The highest BCUT2D eigenvalue weighted by atomic mass is 79.9. The number of rotatable bonds is 7. The second-order valence-electron chi connectivity index (χ2n) is 7.27. The molecule has 32 heavy (non-hydrogen) atoms. The fourth-order valence-corrected chi connectivity index (χ4v) is 3.77. The molecule has 168 valence electrons. The predicted octanol–water partition coefficient (Wildman–Crippen LogP) is 5.26. The number of ether oxygens (including phenoxy) is 2. The van der Waals surface area contributed by atoms with Crippen molar-refractivity contribution in [3.8, 4) is 5.75 Å². The number of nitrogens with zero attached hydrogens (tertiary/aromatic N) is 3. The maximum atomic E-state index is 13.3. The Morgan fingerprint density at radius 2 is 1.88 bits per heavy atom. The van der Waals surface area contributed by atoms with Gasteiger partial charge in [0.05, 0.1) is 24.2 Å². The minimum atomic E-state index is -0.800. The van der Waals surface area contributed by atoms with Crippen LogP contribution in [0.1, 0.15) is 44.5 Å². The van der Waals surface area contributed by atoms with Gasteiger partial charge in [-0.05, 0) is 49.7 Å². The number of carbonyl (C=O) groups is 1. The molecule has 3 aromatic rings. The molecule has 0 saturated carbocycles. The quantitative estimate of drug-likeness (QED) is 0.289. The van der Waals surface area contributed by atoms with E-state index in [9.17, 15) is 9.59 Å². The lowest BCUT2D eigenvalue weighted by Crippen LogP contribution is -2.25. The van der Waals surface area contributed by atoms with Gasteiger partial charge in [0, 0.05) is 20.4 Å². The number of esters is 1. The van der Waals surface area contributed by atoms with E-state index in [-0.39, 0.29) is 11.5 Å². The molecule has 1 aromatic heterocycles. The Bertz CT molecular complexity index is 1240. The molecule has 9 heteroatoms. The van der Waals surface area contributed by atoms with Crippen LogP contribution in [0.5, 0.6) is 5.75 Å². The Balaban J connectivity index is 2.12. The number of aromatic nitrogens is 2. The zero-order chi connectivity index (χ0) is 23.4. The normalized spacial score (nSPS) is 13.3. The summed E-state index contributed by atoms with van der Waals surface area (Å²) in [5.41, 5.74) is 0.952. The van der Waals surface area contributed by atoms with Gasteiger partial charge in [0.25, 0.3) is 5.56 Å². The molecule has 0 amide bonds. The summed E-state index contributed by atoms with van der Waals surface area (Å²) in [6.07, 6.45) is 1.53. The van der Waals surface area contributed by atoms with Gasteiger partial charge in [-0.15, -0.1) is 0 Å². The fraction of sp³-hybridized carbons (Fsp3) is 0.304. The minimum Gasteiger partial charge on any atom is -0.478 e. The van der Waals surface area contributed by atoms with Crippen molar-refractivity contribution in [2.75, 3.05) is 7.11 Å². The van der Waals surface area contributed by atoms with Gasteiger partial charge in [-0.1, -0.05) is 45.7 Å². The molecule has 0 radical (unpaired) electrons. The summed E-state index contributed by atoms with van der Waals surface area (Å²) in [7, 11) is 1.31. The summed E-state index contributed by atoms with van der Waals surface area (Å²) in [6.45, 7) is 5.64. The summed E-state index contributed by atoms with van der Waals surface area (Å²) < 4.78 is 13.4. The van der Waals surface area contributed by atoms with E-state index in [1.54, 1.807) is 31.2 Å². The predicted molar refractivity (Wildman–Crippen MR) is 132 cm³/mol. The molecule has 0 fully saturated rings. The van der Waals surface area contributed by atoms with Crippen molar-refractivity contribution in [1.29, 1.82) is 0 Å². The molecule has 0 bridgehead atoms. The summed E-state index contributed by atoms with van der Waals surface area (Å²) in [6, 6.07) is 10.7. The molecule has 0 unspecified atom stereocenters. The molecule has 0 saturated heterocycles. The van der Waals surface area contributed by atoms with Gasteiger partial charge in [0.15, 0.2) is 6.10 Å². The number of hydrogen-bond donors (Lipinski definition) is 0. The number of halogens is 2. The third kappa shape index (κ3) is 5.27. The maximum absolute atomic E-state index is 13.3. The first-order valence-electron chi connectivity index (χ1n) is 10.1. The minimum absolute atomic E-state index is 0.0190. The summed E-state index contributed by atoms with van der Waals surface area (Å²) in [4.78, 5) is 29.8. The van der Waals surface area contributed by atoms with E-state index >= 15 is 0 Å². The molecule has 1 heterocycles. The van der Waals surface area contributed by atoms with Crippen molar-refractivity contribution in [1.82, 2.24) is 9.66 Å². The van der Waals surface area contributed by atoms with Crippen molar-refractivity contribution in [3.05, 3.63) is 67.1 Å². The van der Waals surface area contributed by atoms with E-state index in [1.807, 2.05) is 26.0 Å². The second kappa shape index (κ2) is 10.4. The molecule has 0 aliphatic heterocycles. The van der Waals surface area contributed by atoms with Crippen LogP contribution in [0, 0.1) is 0 Å². The smallest absolute Gasteiger partial charge is 0.346 e. The first-order chi connectivity index (χ1) is 15.2. The van der Waals surface area contributed by atoms with Crippen LogP contribution in [0.25, 0.3) is 10.9 Å². The third-order valence-corrected chi connectivity index (χ3v) is 5.99. The zero-order valence-corrected chi connectivity index (χ0v) is 21.3. The molecule has 0 N–H and O–H groups in total. The third-order valence-electron chi connectivity index (χ3n) is 5.01. The fourth-order valence-electron chi connectivity index (χ4n) is 3.03. The first kappa shape index (κ1) is 24.1. The highest BCUT2D eigenvalue weighted by Crippen LogP contribution is 2.24. The number of methoxy groups -OCH3 is 1. The summed E-state index contributed by atoms with van der Waals surface area (Å²) in [5.74, 6) is 0.536. The van der Waals surface area contributed by atoms with Crippen LogP contribution >= 0.6 is 31.9 Å². The summed E-state index contributed by atoms with van der Waals surface area (Å²) in [5, 5.41) is 4.95. The highest BCUT2D eigenvalue weighted by molar-refractivity contribution is 9.10. The first-order valence-corrected chi connectivity index (χ1v) is 11.6. The van der Waals surface area contributed by atoms with Crippen LogP contribution in [0.15, 0.2) is 55.2 Å². The monoisotopic (exact) mass is 563 g/mol. The highest BCUT2D eigenvalue weighted by Gasteiger charge is 2.18. The van der Waals surface area contributed by atoms with Crippen LogP contribution in [0.2, 0.25) is 0 Å². The lowest BCUT2D eigenvalue weighted by Gasteiger charge is -2.15. The Morgan fingerprint density at radius 1 is 1.19 bits per heavy atom. The zero-order valence-electron chi connectivity index (χ0n) is 18.1. The van der Waals surface area contributed by atoms with Crippen LogP contribution in [0.4, 0.5) is 0 Å². The Hall–Kier alpha value is -2.52. The van der Waals surface area contributed by atoms with Gasteiger partial charge in [0.2, 0.25) is 0 Å². The van der Waals surface area contributed by atoms with Crippen LogP contribution in [-0.4, -0.2) is 35.1 Å². The van der Waals surface area contributed by atoms with E-state index in [1.165, 1.54) is 18.0 Å². The van der Waals surface area contributed by atoms with Crippen molar-refractivity contribution in [3.63, 3.8) is 0 Å². The molecule has 2 atom stereocenters. The molecular weight excluding hydrogens is 542 g/mol. The Kier molecular flexibility index (Phi) is 7.84.